The van der Waals surface area contributed by atoms with Crippen molar-refractivity contribution in [3.63, 3.8) is 0 Å². The largest absolute Gasteiger partial charge is 0.256 e. The minimum Gasteiger partial charge on any atom is -0.256 e. The molecule has 0 aromatic heterocycles. The molecule has 3 aromatic carbocycles. The van der Waals surface area contributed by atoms with Gasteiger partial charge in [-0.1, -0.05) is 49.4 Å². The Morgan fingerprint density at radius 2 is 1.57 bits per heavy atom. The van der Waals surface area contributed by atoms with Crippen molar-refractivity contribution in [1.29, 1.82) is 0 Å². The molecule has 3 rings (SSSR count). The first-order chi connectivity index (χ1) is 11.2. The number of aryl methyl sites for hydroxylation is 2. The third kappa shape index (κ3) is 3.48. The Balaban J connectivity index is 2.07. The fourth-order valence-electron chi connectivity index (χ4n) is 2.76. The van der Waals surface area contributed by atoms with Crippen molar-refractivity contribution in [2.45, 2.75) is 25.7 Å². The predicted molar refractivity (Wildman–Crippen MR) is 104 cm³/mol. The molecular weight excluding hydrogens is 298 g/mol. The van der Waals surface area contributed by atoms with E-state index in [4.69, 9.17) is 4.99 Å². The maximum absolute atomic E-state index is 4.79. The topological polar surface area (TPSA) is 12.4 Å². The van der Waals surface area contributed by atoms with Crippen molar-refractivity contribution in [1.82, 2.24) is 0 Å². The molecule has 0 aliphatic heterocycles. The van der Waals surface area contributed by atoms with Gasteiger partial charge < -0.3 is 0 Å². The quantitative estimate of drug-likeness (QED) is 0.405. The van der Waals surface area contributed by atoms with Crippen LogP contribution in [0.4, 0.5) is 5.69 Å². The molecular formula is C21H21NS. The molecule has 0 aliphatic rings. The Morgan fingerprint density at radius 3 is 2.22 bits per heavy atom. The SMILES string of the molecule is CCSc1cc2ccccc2cc1C=Nc1c(C)cccc1C. The van der Waals surface area contributed by atoms with E-state index in [1.165, 1.54) is 32.4 Å². The summed E-state index contributed by atoms with van der Waals surface area (Å²) in [7, 11) is 0. The fraction of sp³-hybridized carbons (Fsp3) is 0.190. The van der Waals surface area contributed by atoms with Gasteiger partial charge in [-0.05, 0) is 53.6 Å². The number of aliphatic imine (C=N–C) groups is 1. The lowest BCUT2D eigenvalue weighted by Gasteiger charge is -2.08. The van der Waals surface area contributed by atoms with Gasteiger partial charge in [0.15, 0.2) is 0 Å². The van der Waals surface area contributed by atoms with Crippen LogP contribution in [0.1, 0.15) is 23.6 Å². The van der Waals surface area contributed by atoms with Crippen molar-refractivity contribution in [2.24, 2.45) is 4.99 Å². The zero-order valence-electron chi connectivity index (χ0n) is 13.8. The number of fused-ring (bicyclic) bond motifs is 1. The third-order valence-corrected chi connectivity index (χ3v) is 4.90. The van der Waals surface area contributed by atoms with Crippen LogP contribution in [-0.4, -0.2) is 12.0 Å². The molecule has 116 valence electrons. The average molecular weight is 319 g/mol. The summed E-state index contributed by atoms with van der Waals surface area (Å²) in [6.45, 7) is 6.41. The van der Waals surface area contributed by atoms with E-state index >= 15 is 0 Å². The highest BCUT2D eigenvalue weighted by Crippen LogP contribution is 2.28. The second kappa shape index (κ2) is 7.01. The highest BCUT2D eigenvalue weighted by Gasteiger charge is 2.05. The molecule has 0 atom stereocenters. The molecule has 0 N–H and O–H groups in total. The van der Waals surface area contributed by atoms with Gasteiger partial charge in [-0.2, -0.15) is 0 Å². The highest BCUT2D eigenvalue weighted by atomic mass is 32.2. The molecule has 3 aromatic rings. The molecule has 0 heterocycles. The molecule has 0 spiro atoms. The maximum atomic E-state index is 4.79. The molecule has 0 fully saturated rings. The van der Waals surface area contributed by atoms with Crippen LogP contribution in [0, 0.1) is 13.8 Å². The summed E-state index contributed by atoms with van der Waals surface area (Å²) in [5, 5.41) is 2.54. The number of thioether (sulfide) groups is 1. The smallest absolute Gasteiger partial charge is 0.0688 e. The summed E-state index contributed by atoms with van der Waals surface area (Å²) in [5.74, 6) is 1.06. The van der Waals surface area contributed by atoms with Crippen molar-refractivity contribution in [3.8, 4) is 0 Å². The van der Waals surface area contributed by atoms with E-state index in [-0.39, 0.29) is 0 Å². The van der Waals surface area contributed by atoms with Gasteiger partial charge >= 0.3 is 0 Å². The number of rotatable bonds is 4. The standard InChI is InChI=1S/C21H21NS/c1-4-23-20-13-18-11-6-5-10-17(18)12-19(20)14-22-21-15(2)8-7-9-16(21)3/h5-14H,4H2,1-3H3. The van der Waals surface area contributed by atoms with Crippen LogP contribution < -0.4 is 0 Å². The molecule has 0 aliphatic carbocycles. The summed E-state index contributed by atoms with van der Waals surface area (Å²) in [6, 6.07) is 19.3. The highest BCUT2D eigenvalue weighted by molar-refractivity contribution is 7.99. The van der Waals surface area contributed by atoms with Crippen LogP contribution in [0.3, 0.4) is 0 Å². The van der Waals surface area contributed by atoms with E-state index in [2.05, 4.69) is 75.4 Å². The third-order valence-electron chi connectivity index (χ3n) is 3.95. The lowest BCUT2D eigenvalue weighted by Crippen LogP contribution is -1.89. The summed E-state index contributed by atoms with van der Waals surface area (Å²) in [4.78, 5) is 6.08. The zero-order chi connectivity index (χ0) is 16.2. The Kier molecular flexibility index (Phi) is 4.82. The van der Waals surface area contributed by atoms with E-state index in [1.54, 1.807) is 0 Å². The Labute approximate surface area is 142 Å². The lowest BCUT2D eigenvalue weighted by molar-refractivity contribution is 1.33. The fourth-order valence-corrected chi connectivity index (χ4v) is 3.56. The molecule has 0 radical (unpaired) electrons. The van der Waals surface area contributed by atoms with Crippen molar-refractivity contribution in [2.75, 3.05) is 5.75 Å². The van der Waals surface area contributed by atoms with Crippen molar-refractivity contribution < 1.29 is 0 Å². The molecule has 0 bridgehead atoms. The van der Waals surface area contributed by atoms with Crippen LogP contribution >= 0.6 is 11.8 Å². The zero-order valence-corrected chi connectivity index (χ0v) is 14.7. The van der Waals surface area contributed by atoms with Gasteiger partial charge in [-0.3, -0.25) is 4.99 Å². The first-order valence-electron chi connectivity index (χ1n) is 7.95. The molecule has 2 heteroatoms. The van der Waals surface area contributed by atoms with Crippen molar-refractivity contribution >= 4 is 34.4 Å². The monoisotopic (exact) mass is 319 g/mol. The summed E-state index contributed by atoms with van der Waals surface area (Å²) in [5.41, 5.74) is 4.70. The second-order valence-electron chi connectivity index (χ2n) is 5.67. The van der Waals surface area contributed by atoms with Crippen LogP contribution in [0.2, 0.25) is 0 Å². The Hall–Kier alpha value is -2.06. The van der Waals surface area contributed by atoms with Crippen molar-refractivity contribution in [3.05, 3.63) is 71.3 Å². The predicted octanol–water partition coefficient (Wildman–Crippen LogP) is 6.32. The van der Waals surface area contributed by atoms with Gasteiger partial charge in [-0.25, -0.2) is 0 Å². The number of hydrogen-bond acceptors (Lipinski definition) is 2. The summed E-state index contributed by atoms with van der Waals surface area (Å²) in [6.07, 6.45) is 2.01. The van der Waals surface area contributed by atoms with E-state index in [1.807, 2.05) is 18.0 Å². The first-order valence-corrected chi connectivity index (χ1v) is 8.93. The summed E-state index contributed by atoms with van der Waals surface area (Å²) < 4.78 is 0. The van der Waals surface area contributed by atoms with Crippen LogP contribution in [0.15, 0.2) is 64.5 Å². The van der Waals surface area contributed by atoms with Gasteiger partial charge in [0.2, 0.25) is 0 Å². The number of nitrogens with zero attached hydrogens (tertiary/aromatic N) is 1. The van der Waals surface area contributed by atoms with Gasteiger partial charge in [0, 0.05) is 16.7 Å². The Bertz CT molecular complexity index is 845. The molecule has 0 unspecified atom stereocenters. The van der Waals surface area contributed by atoms with Gasteiger partial charge in [0.05, 0.1) is 5.69 Å². The van der Waals surface area contributed by atoms with E-state index < -0.39 is 0 Å². The number of hydrogen-bond donors (Lipinski definition) is 0. The van der Waals surface area contributed by atoms with Crippen LogP contribution in [0.5, 0.6) is 0 Å². The molecule has 23 heavy (non-hydrogen) atoms. The van der Waals surface area contributed by atoms with Gasteiger partial charge in [0.25, 0.3) is 0 Å². The molecule has 0 saturated heterocycles. The van der Waals surface area contributed by atoms with E-state index in [0.29, 0.717) is 0 Å². The maximum Gasteiger partial charge on any atom is 0.0688 e. The molecule has 1 nitrogen and oxygen atoms in total. The second-order valence-corrected chi connectivity index (χ2v) is 6.97. The average Bonchev–Trinajstić information content (AvgIpc) is 2.55. The van der Waals surface area contributed by atoms with E-state index in [0.717, 1.165) is 11.4 Å². The summed E-state index contributed by atoms with van der Waals surface area (Å²) >= 11 is 1.87. The Morgan fingerprint density at radius 1 is 0.913 bits per heavy atom. The normalized spacial score (nSPS) is 11.4. The van der Waals surface area contributed by atoms with Gasteiger partial charge in [0.1, 0.15) is 0 Å². The minimum atomic E-state index is 1.06. The van der Waals surface area contributed by atoms with E-state index in [9.17, 15) is 0 Å². The minimum absolute atomic E-state index is 1.06. The first kappa shape index (κ1) is 15.8. The number of para-hydroxylation sites is 1. The van der Waals surface area contributed by atoms with Crippen LogP contribution in [-0.2, 0) is 0 Å². The van der Waals surface area contributed by atoms with Gasteiger partial charge in [-0.15, -0.1) is 11.8 Å². The number of benzene rings is 3. The molecule has 0 amide bonds. The van der Waals surface area contributed by atoms with Crippen LogP contribution in [0.25, 0.3) is 10.8 Å². The molecule has 0 saturated carbocycles. The lowest BCUT2D eigenvalue weighted by atomic mass is 10.1.